The molecule has 0 radical (unpaired) electrons. The Morgan fingerprint density at radius 2 is 2.14 bits per heavy atom. The van der Waals surface area contributed by atoms with Crippen LogP contribution in [0.5, 0.6) is 0 Å². The van der Waals surface area contributed by atoms with Crippen molar-refractivity contribution < 1.29 is 13.6 Å². The predicted octanol–water partition coefficient (Wildman–Crippen LogP) is 3.81. The third-order valence-electron chi connectivity index (χ3n) is 1.41. The standard InChI is InChI=1S/C7H2BrCl2F2NO/c8-3-2(6(10)14)1-13-5(4(3)9)7(11)12/h1,7H. The van der Waals surface area contributed by atoms with Gasteiger partial charge in [-0.1, -0.05) is 11.6 Å². The molecule has 0 aliphatic heterocycles. The van der Waals surface area contributed by atoms with Crippen LogP contribution < -0.4 is 0 Å². The van der Waals surface area contributed by atoms with E-state index in [0.29, 0.717) is 0 Å². The highest BCUT2D eigenvalue weighted by atomic mass is 79.9. The van der Waals surface area contributed by atoms with Gasteiger partial charge in [-0.05, 0) is 27.5 Å². The summed E-state index contributed by atoms with van der Waals surface area (Å²) in [6, 6.07) is 0. The first-order chi connectivity index (χ1) is 6.45. The van der Waals surface area contributed by atoms with E-state index in [1.165, 1.54) is 0 Å². The first-order valence-electron chi connectivity index (χ1n) is 3.27. The Morgan fingerprint density at radius 3 is 2.57 bits per heavy atom. The number of hydrogen-bond acceptors (Lipinski definition) is 2. The van der Waals surface area contributed by atoms with E-state index >= 15 is 0 Å². The fourth-order valence-corrected chi connectivity index (χ4v) is 1.74. The van der Waals surface area contributed by atoms with Gasteiger partial charge >= 0.3 is 0 Å². The van der Waals surface area contributed by atoms with Crippen molar-refractivity contribution in [3.05, 3.63) is 26.9 Å². The molecule has 2 nitrogen and oxygen atoms in total. The van der Waals surface area contributed by atoms with Crippen molar-refractivity contribution in [2.24, 2.45) is 0 Å². The van der Waals surface area contributed by atoms with Gasteiger partial charge in [-0.15, -0.1) is 0 Å². The van der Waals surface area contributed by atoms with Gasteiger partial charge in [0.1, 0.15) is 5.69 Å². The SMILES string of the molecule is O=C(Cl)c1cnc(C(F)F)c(Cl)c1Br. The molecular weight excluding hydrogens is 303 g/mol. The lowest BCUT2D eigenvalue weighted by Crippen LogP contribution is -1.99. The van der Waals surface area contributed by atoms with E-state index in [1.54, 1.807) is 0 Å². The fraction of sp³-hybridized carbons (Fsp3) is 0.143. The van der Waals surface area contributed by atoms with Gasteiger partial charge in [-0.2, -0.15) is 0 Å². The van der Waals surface area contributed by atoms with Gasteiger partial charge in [-0.3, -0.25) is 9.78 Å². The monoisotopic (exact) mass is 303 g/mol. The molecule has 0 aromatic carbocycles. The topological polar surface area (TPSA) is 30.0 Å². The minimum absolute atomic E-state index is 0.0319. The van der Waals surface area contributed by atoms with E-state index in [0.717, 1.165) is 6.20 Å². The van der Waals surface area contributed by atoms with Crippen molar-refractivity contribution in [1.29, 1.82) is 0 Å². The molecule has 0 saturated heterocycles. The third-order valence-corrected chi connectivity index (χ3v) is 3.04. The number of hydrogen-bond donors (Lipinski definition) is 0. The lowest BCUT2D eigenvalue weighted by atomic mass is 10.2. The molecule has 0 atom stereocenters. The molecule has 0 spiro atoms. The zero-order chi connectivity index (χ0) is 10.9. The van der Waals surface area contributed by atoms with Crippen LogP contribution in [-0.4, -0.2) is 10.2 Å². The Morgan fingerprint density at radius 1 is 1.57 bits per heavy atom. The van der Waals surface area contributed by atoms with Crippen LogP contribution in [0, 0.1) is 0 Å². The lowest BCUT2D eigenvalue weighted by Gasteiger charge is -2.05. The predicted molar refractivity (Wildman–Crippen MR) is 52.1 cm³/mol. The molecule has 76 valence electrons. The van der Waals surface area contributed by atoms with Gasteiger partial charge in [0, 0.05) is 6.20 Å². The molecule has 7 heteroatoms. The Bertz CT molecular complexity index is 386. The normalized spacial score (nSPS) is 10.7. The van der Waals surface area contributed by atoms with Crippen LogP contribution in [0.3, 0.4) is 0 Å². The molecule has 1 rings (SSSR count). The van der Waals surface area contributed by atoms with Crippen LogP contribution >= 0.6 is 39.1 Å². The summed E-state index contributed by atoms with van der Waals surface area (Å²) < 4.78 is 24.5. The van der Waals surface area contributed by atoms with Crippen LogP contribution in [0.2, 0.25) is 5.02 Å². The summed E-state index contributed by atoms with van der Waals surface area (Å²) in [6.07, 6.45) is -1.84. The average molecular weight is 305 g/mol. The maximum atomic E-state index is 12.3. The molecule has 0 saturated carbocycles. The quantitative estimate of drug-likeness (QED) is 0.778. The molecule has 0 amide bonds. The largest absolute Gasteiger partial charge is 0.281 e. The van der Waals surface area contributed by atoms with E-state index in [-0.39, 0.29) is 15.1 Å². The second-order valence-electron chi connectivity index (χ2n) is 2.26. The Labute approximate surface area is 96.3 Å². The van der Waals surface area contributed by atoms with E-state index in [4.69, 9.17) is 23.2 Å². The number of nitrogens with zero attached hydrogens (tertiary/aromatic N) is 1. The Kier molecular flexibility index (Phi) is 3.80. The number of carbonyl (C=O) groups excluding carboxylic acids is 1. The summed E-state index contributed by atoms with van der Waals surface area (Å²) in [7, 11) is 0. The minimum atomic E-state index is -2.79. The first kappa shape index (κ1) is 11.8. The van der Waals surface area contributed by atoms with Crippen molar-refractivity contribution in [1.82, 2.24) is 4.98 Å². The van der Waals surface area contributed by atoms with E-state index < -0.39 is 17.4 Å². The molecule has 0 N–H and O–H groups in total. The molecule has 0 unspecified atom stereocenters. The maximum Gasteiger partial charge on any atom is 0.281 e. The van der Waals surface area contributed by atoms with Gasteiger partial charge in [0.05, 0.1) is 15.1 Å². The third kappa shape index (κ3) is 2.21. The highest BCUT2D eigenvalue weighted by Gasteiger charge is 2.20. The molecule has 0 aliphatic rings. The average Bonchev–Trinajstić information content (AvgIpc) is 2.08. The van der Waals surface area contributed by atoms with E-state index in [2.05, 4.69) is 20.9 Å². The van der Waals surface area contributed by atoms with Gasteiger partial charge in [0.25, 0.3) is 11.7 Å². The van der Waals surface area contributed by atoms with Crippen molar-refractivity contribution in [3.63, 3.8) is 0 Å². The second-order valence-corrected chi connectivity index (χ2v) is 3.77. The van der Waals surface area contributed by atoms with Crippen LogP contribution in [-0.2, 0) is 0 Å². The molecule has 1 aromatic heterocycles. The second kappa shape index (κ2) is 4.51. The zero-order valence-corrected chi connectivity index (χ0v) is 9.50. The fourth-order valence-electron chi connectivity index (χ4n) is 0.767. The maximum absolute atomic E-state index is 12.3. The zero-order valence-electron chi connectivity index (χ0n) is 6.40. The van der Waals surface area contributed by atoms with Crippen LogP contribution in [0.15, 0.2) is 10.7 Å². The van der Waals surface area contributed by atoms with Gasteiger partial charge in [0.2, 0.25) is 0 Å². The summed E-state index contributed by atoms with van der Waals surface area (Å²) >= 11 is 13.6. The van der Waals surface area contributed by atoms with Crippen LogP contribution in [0.1, 0.15) is 22.5 Å². The Balaban J connectivity index is 3.33. The number of pyridine rings is 1. The molecule has 0 bridgehead atoms. The summed E-state index contributed by atoms with van der Waals surface area (Å²) in [5, 5.41) is -1.11. The highest BCUT2D eigenvalue weighted by molar-refractivity contribution is 9.10. The van der Waals surface area contributed by atoms with Gasteiger partial charge in [0.15, 0.2) is 0 Å². The summed E-state index contributed by atoms with van der Waals surface area (Å²) in [6.45, 7) is 0. The number of halogens is 5. The molecule has 0 aliphatic carbocycles. The summed E-state index contributed by atoms with van der Waals surface area (Å²) in [5.74, 6) is 0. The molecular formula is C7H2BrCl2F2NO. The van der Waals surface area contributed by atoms with Crippen molar-refractivity contribution in [2.45, 2.75) is 6.43 Å². The highest BCUT2D eigenvalue weighted by Crippen LogP contribution is 2.33. The van der Waals surface area contributed by atoms with Crippen molar-refractivity contribution >= 4 is 44.4 Å². The van der Waals surface area contributed by atoms with Gasteiger partial charge in [-0.25, -0.2) is 8.78 Å². The molecule has 0 fully saturated rings. The van der Waals surface area contributed by atoms with Crippen molar-refractivity contribution in [2.75, 3.05) is 0 Å². The first-order valence-corrected chi connectivity index (χ1v) is 4.82. The number of alkyl halides is 2. The number of carbonyl (C=O) groups is 1. The molecule has 1 aromatic rings. The summed E-state index contributed by atoms with van der Waals surface area (Å²) in [4.78, 5) is 14.1. The van der Waals surface area contributed by atoms with Crippen LogP contribution in [0.4, 0.5) is 8.78 Å². The molecule has 1 heterocycles. The smallest absolute Gasteiger partial charge is 0.276 e. The van der Waals surface area contributed by atoms with Crippen LogP contribution in [0.25, 0.3) is 0 Å². The van der Waals surface area contributed by atoms with Gasteiger partial charge < -0.3 is 0 Å². The number of rotatable bonds is 2. The van der Waals surface area contributed by atoms with Crippen molar-refractivity contribution in [3.8, 4) is 0 Å². The number of aromatic nitrogens is 1. The summed E-state index contributed by atoms with van der Waals surface area (Å²) in [5.41, 5.74) is -0.624. The van der Waals surface area contributed by atoms with E-state index in [1.807, 2.05) is 0 Å². The Hall–Kier alpha value is -0.260. The molecule has 14 heavy (non-hydrogen) atoms. The van der Waals surface area contributed by atoms with E-state index in [9.17, 15) is 13.6 Å². The minimum Gasteiger partial charge on any atom is -0.276 e. The lowest BCUT2D eigenvalue weighted by molar-refractivity contribution is 0.107.